The summed E-state index contributed by atoms with van der Waals surface area (Å²) in [6, 6.07) is -0.882. The van der Waals surface area contributed by atoms with Crippen LogP contribution in [0.2, 0.25) is 0 Å². The number of unbranched alkanes of at least 4 members (excludes halogenated alkanes) is 1. The monoisotopic (exact) mass is 305 g/mol. The van der Waals surface area contributed by atoms with E-state index in [1.807, 2.05) is 0 Å². The first-order valence-electron chi connectivity index (χ1n) is 6.45. The fourth-order valence-corrected chi connectivity index (χ4v) is 2.95. The van der Waals surface area contributed by atoms with Crippen molar-refractivity contribution < 1.29 is 24.4 Å². The highest BCUT2D eigenvalue weighted by Gasteiger charge is 2.58. The Hall–Kier alpha value is -1.08. The fourth-order valence-electron chi connectivity index (χ4n) is 2.32. The van der Waals surface area contributed by atoms with Crippen LogP contribution in [0.5, 0.6) is 0 Å². The molecule has 1 aliphatic heterocycles. The number of carbonyl (C=O) groups excluding carboxylic acids is 1. The summed E-state index contributed by atoms with van der Waals surface area (Å²) in [4.78, 5) is 24.5. The number of nitrogens with zero attached hydrogens (tertiary/aromatic N) is 1. The zero-order chi connectivity index (χ0) is 15.3. The first kappa shape index (κ1) is 17.0. The molecule has 1 rings (SSSR count). The number of aliphatic carboxylic acids is 1. The number of hydrogen-bond acceptors (Lipinski definition) is 6. The molecule has 6 N–H and O–H groups in total. The van der Waals surface area contributed by atoms with E-state index in [1.165, 1.54) is 0 Å². The lowest BCUT2D eigenvalue weighted by molar-refractivity contribution is -0.154. The van der Waals surface area contributed by atoms with E-state index < -0.39 is 37.8 Å². The summed E-state index contributed by atoms with van der Waals surface area (Å²) in [5.41, 5.74) is 11.1. The Morgan fingerprint density at radius 3 is 2.60 bits per heavy atom. The highest BCUT2D eigenvalue weighted by molar-refractivity contribution is 7.28. The van der Waals surface area contributed by atoms with Crippen molar-refractivity contribution in [1.29, 1.82) is 0 Å². The third kappa shape index (κ3) is 2.98. The van der Waals surface area contributed by atoms with Crippen LogP contribution in [0.3, 0.4) is 0 Å². The first-order valence-corrected chi connectivity index (χ1v) is 7.26. The second-order valence-electron chi connectivity index (χ2n) is 4.81. The summed E-state index contributed by atoms with van der Waals surface area (Å²) < 4.78 is 11.3. The maximum Gasteiger partial charge on any atom is 0.344 e. The van der Waals surface area contributed by atoms with Gasteiger partial charge in [-0.1, -0.05) is 6.42 Å². The van der Waals surface area contributed by atoms with Gasteiger partial charge in [0.2, 0.25) is 11.2 Å². The van der Waals surface area contributed by atoms with E-state index in [-0.39, 0.29) is 13.0 Å². The molecule has 0 spiro atoms. The van der Waals surface area contributed by atoms with Crippen molar-refractivity contribution in [3.8, 4) is 0 Å². The average Bonchev–Trinajstić information content (AvgIpc) is 2.75. The van der Waals surface area contributed by atoms with E-state index in [0.717, 1.165) is 4.90 Å². The van der Waals surface area contributed by atoms with E-state index in [0.29, 0.717) is 25.8 Å². The van der Waals surface area contributed by atoms with Gasteiger partial charge in [0.1, 0.15) is 6.10 Å². The highest BCUT2D eigenvalue weighted by Crippen LogP contribution is 2.39. The lowest BCUT2D eigenvalue weighted by Gasteiger charge is -2.32. The number of rotatable bonds is 7. The van der Waals surface area contributed by atoms with Gasteiger partial charge in [-0.3, -0.25) is 9.36 Å². The number of likely N-dealkylation sites (tertiary alicyclic amines) is 1. The van der Waals surface area contributed by atoms with Crippen LogP contribution in [0, 0.1) is 0 Å². The van der Waals surface area contributed by atoms with Crippen molar-refractivity contribution in [2.45, 2.75) is 43.1 Å². The predicted octanol–water partition coefficient (Wildman–Crippen LogP) is -0.891. The molecule has 8 nitrogen and oxygen atoms in total. The molecule has 0 aromatic heterocycles. The molecule has 3 atom stereocenters. The summed E-state index contributed by atoms with van der Waals surface area (Å²) in [6.45, 7) is 0.508. The van der Waals surface area contributed by atoms with Crippen molar-refractivity contribution in [3.05, 3.63) is 0 Å². The van der Waals surface area contributed by atoms with Gasteiger partial charge in [0.15, 0.2) is 8.46 Å². The molecule has 114 valence electrons. The first-order chi connectivity index (χ1) is 9.41. The van der Waals surface area contributed by atoms with Crippen LogP contribution < -0.4 is 11.5 Å². The fraction of sp³-hybridized carbons (Fsp3) is 0.818. The van der Waals surface area contributed by atoms with E-state index in [1.54, 1.807) is 0 Å². The Morgan fingerprint density at radius 1 is 1.45 bits per heavy atom. The van der Waals surface area contributed by atoms with Crippen LogP contribution in [0.15, 0.2) is 0 Å². The minimum Gasteiger partial charge on any atom is -0.479 e. The number of carboxylic acid groups (broad SMARTS) is 1. The number of nitrogens with two attached hydrogens (primary N) is 2. The molecule has 0 aliphatic carbocycles. The Bertz CT molecular complexity index is 394. The van der Waals surface area contributed by atoms with Crippen LogP contribution in [-0.2, 0) is 14.2 Å². The largest absolute Gasteiger partial charge is 0.479 e. The van der Waals surface area contributed by atoms with E-state index in [9.17, 15) is 24.4 Å². The normalized spacial score (nSPS) is 27.8. The van der Waals surface area contributed by atoms with Gasteiger partial charge in [-0.05, 0) is 25.8 Å². The Kier molecular flexibility index (Phi) is 6.01. The predicted molar refractivity (Wildman–Crippen MR) is 71.2 cm³/mol. The van der Waals surface area contributed by atoms with Gasteiger partial charge >= 0.3 is 5.97 Å². The van der Waals surface area contributed by atoms with E-state index in [4.69, 9.17) is 11.5 Å². The zero-order valence-electron chi connectivity index (χ0n) is 11.1. The molecule has 0 aromatic rings. The molecule has 1 heterocycles. The molecule has 9 heteroatoms. The van der Waals surface area contributed by atoms with Crippen molar-refractivity contribution in [2.75, 3.05) is 13.1 Å². The van der Waals surface area contributed by atoms with Crippen LogP contribution >= 0.6 is 8.46 Å². The molecule has 1 saturated heterocycles. The van der Waals surface area contributed by atoms with Gasteiger partial charge in [-0.15, -0.1) is 0 Å². The minimum absolute atomic E-state index is 0.0200. The number of aliphatic hydroxyl groups is 1. The highest BCUT2D eigenvalue weighted by atomic mass is 31.1. The summed E-state index contributed by atoms with van der Waals surface area (Å²) in [5.74, 6) is -2.11. The number of carboxylic acids is 1. The van der Waals surface area contributed by atoms with Gasteiger partial charge in [-0.2, -0.15) is 0 Å². The van der Waals surface area contributed by atoms with Crippen molar-refractivity contribution in [2.24, 2.45) is 11.5 Å². The molecular formula is C11H20N3O5P. The summed E-state index contributed by atoms with van der Waals surface area (Å²) >= 11 is 0. The zero-order valence-corrected chi connectivity index (χ0v) is 12.0. The SMILES string of the molecule is NCCCC[C@H](N)C(=O)N1CCC(O)[C@@]1(P=O)C(=O)O. The number of aliphatic hydroxyl groups excluding tert-OH is 1. The molecule has 20 heavy (non-hydrogen) atoms. The Morgan fingerprint density at radius 2 is 2.10 bits per heavy atom. The number of amides is 1. The van der Waals surface area contributed by atoms with Crippen molar-refractivity contribution >= 4 is 20.3 Å². The molecule has 0 saturated carbocycles. The molecular weight excluding hydrogens is 285 g/mol. The molecule has 0 aromatic carbocycles. The van der Waals surface area contributed by atoms with Crippen molar-refractivity contribution in [3.63, 3.8) is 0 Å². The quantitative estimate of drug-likeness (QED) is 0.352. The van der Waals surface area contributed by atoms with Gasteiger partial charge in [0, 0.05) is 6.54 Å². The summed E-state index contributed by atoms with van der Waals surface area (Å²) in [5, 5.41) is 16.9. The average molecular weight is 305 g/mol. The molecule has 1 unspecified atom stereocenters. The van der Waals surface area contributed by atoms with Gasteiger partial charge in [0.25, 0.3) is 0 Å². The smallest absolute Gasteiger partial charge is 0.344 e. The van der Waals surface area contributed by atoms with Crippen LogP contribution in [-0.4, -0.2) is 57.5 Å². The molecule has 1 fully saturated rings. The van der Waals surface area contributed by atoms with E-state index >= 15 is 0 Å². The van der Waals surface area contributed by atoms with E-state index in [2.05, 4.69) is 0 Å². The minimum atomic E-state index is -2.12. The molecule has 0 bridgehead atoms. The van der Waals surface area contributed by atoms with Crippen molar-refractivity contribution in [1.82, 2.24) is 4.90 Å². The third-order valence-corrected chi connectivity index (χ3v) is 4.52. The van der Waals surface area contributed by atoms with Gasteiger partial charge < -0.3 is 26.6 Å². The Labute approximate surface area is 118 Å². The second kappa shape index (κ2) is 7.08. The lowest BCUT2D eigenvalue weighted by atomic mass is 10.1. The van der Waals surface area contributed by atoms with Crippen LogP contribution in [0.1, 0.15) is 25.7 Å². The van der Waals surface area contributed by atoms with Gasteiger partial charge in [0.05, 0.1) is 6.04 Å². The standard InChI is InChI=1S/C11H20N3O5P/c12-5-2-1-3-7(13)9(16)14-6-4-8(15)11(14,20-19)10(17)18/h7-8,15H,1-6,12-13H2,(H,17,18)/t7-,8?,11+/m0/s1. The summed E-state index contributed by atoms with van der Waals surface area (Å²) in [6.07, 6.45) is 0.415. The molecule has 1 amide bonds. The topological polar surface area (TPSA) is 147 Å². The molecule has 1 aliphatic rings. The maximum absolute atomic E-state index is 12.2. The lowest BCUT2D eigenvalue weighted by Crippen LogP contribution is -2.57. The maximum atomic E-state index is 12.2. The third-order valence-electron chi connectivity index (χ3n) is 3.51. The van der Waals surface area contributed by atoms with Gasteiger partial charge in [-0.25, -0.2) is 4.79 Å². The van der Waals surface area contributed by atoms with Crippen LogP contribution in [0.4, 0.5) is 0 Å². The molecule has 0 radical (unpaired) electrons. The van der Waals surface area contributed by atoms with Crippen LogP contribution in [0.25, 0.3) is 0 Å². The second-order valence-corrected chi connectivity index (χ2v) is 5.67. The summed E-state index contributed by atoms with van der Waals surface area (Å²) in [7, 11) is -0.826. The number of carbonyl (C=O) groups is 2. The Balaban J connectivity index is 2.85. The number of hydrogen-bond donors (Lipinski definition) is 4.